The second kappa shape index (κ2) is 4.92. The Bertz CT molecular complexity index is 227. The summed E-state index contributed by atoms with van der Waals surface area (Å²) >= 11 is 0. The highest BCUT2D eigenvalue weighted by Gasteiger charge is 2.31. The van der Waals surface area contributed by atoms with E-state index in [1.807, 2.05) is 0 Å². The van der Waals surface area contributed by atoms with Gasteiger partial charge in [0, 0.05) is 0 Å². The summed E-state index contributed by atoms with van der Waals surface area (Å²) in [5, 5.41) is 11.0. The van der Waals surface area contributed by atoms with E-state index in [0.717, 1.165) is 0 Å². The van der Waals surface area contributed by atoms with Gasteiger partial charge in [0.2, 0.25) is 5.91 Å². The van der Waals surface area contributed by atoms with Gasteiger partial charge < -0.3 is 20.9 Å². The molecule has 0 aromatic heterocycles. The van der Waals surface area contributed by atoms with Crippen molar-refractivity contribution in [3.8, 4) is 0 Å². The maximum Gasteiger partial charge on any atom is 0.330 e. The number of carbonyl (C=O) groups is 2. The minimum Gasteiger partial charge on any atom is -0.467 e. The van der Waals surface area contributed by atoms with Crippen LogP contribution in [0.4, 0.5) is 0 Å². The largest absolute Gasteiger partial charge is 0.467 e. The van der Waals surface area contributed by atoms with E-state index >= 15 is 0 Å². The van der Waals surface area contributed by atoms with Crippen LogP contribution in [0.1, 0.15) is 13.8 Å². The van der Waals surface area contributed by atoms with Crippen molar-refractivity contribution >= 4 is 11.9 Å². The summed E-state index contributed by atoms with van der Waals surface area (Å²) in [4.78, 5) is 22.3. The first-order valence-corrected chi connectivity index (χ1v) is 4.12. The van der Waals surface area contributed by atoms with Crippen molar-refractivity contribution in [2.45, 2.75) is 25.4 Å². The number of amides is 1. The summed E-state index contributed by atoms with van der Waals surface area (Å²) in [6.07, 6.45) is 0. The van der Waals surface area contributed by atoms with Gasteiger partial charge in [0.05, 0.1) is 13.7 Å². The third-order valence-electron chi connectivity index (χ3n) is 1.66. The van der Waals surface area contributed by atoms with Gasteiger partial charge in [-0.1, -0.05) is 0 Å². The van der Waals surface area contributed by atoms with E-state index in [1.165, 1.54) is 21.0 Å². The average Bonchev–Trinajstić information content (AvgIpc) is 2.14. The standard InChI is InChI=1S/C8H16N2O4/c1-8(2,7(13)14-3)10-6(12)5(9)4-11/h5,11H,4,9H2,1-3H3,(H,10,12)/t5-/m0/s1. The van der Waals surface area contributed by atoms with Gasteiger partial charge in [0.15, 0.2) is 0 Å². The third-order valence-corrected chi connectivity index (χ3v) is 1.66. The van der Waals surface area contributed by atoms with E-state index in [0.29, 0.717) is 0 Å². The Labute approximate surface area is 82.4 Å². The first kappa shape index (κ1) is 12.9. The number of hydrogen-bond acceptors (Lipinski definition) is 5. The summed E-state index contributed by atoms with van der Waals surface area (Å²) in [6, 6.07) is -1.03. The summed E-state index contributed by atoms with van der Waals surface area (Å²) < 4.78 is 4.47. The number of hydrogen-bond donors (Lipinski definition) is 3. The zero-order valence-electron chi connectivity index (χ0n) is 8.53. The number of aliphatic hydroxyl groups is 1. The van der Waals surface area contributed by atoms with E-state index in [1.54, 1.807) is 0 Å². The van der Waals surface area contributed by atoms with Crippen molar-refractivity contribution in [3.63, 3.8) is 0 Å². The van der Waals surface area contributed by atoms with Crippen LogP contribution in [0.2, 0.25) is 0 Å². The molecule has 0 rings (SSSR count). The Morgan fingerprint density at radius 1 is 1.57 bits per heavy atom. The minimum absolute atomic E-state index is 0.469. The molecule has 0 aliphatic rings. The molecule has 0 saturated carbocycles. The molecule has 1 amide bonds. The Balaban J connectivity index is 4.36. The van der Waals surface area contributed by atoms with Crippen LogP contribution in [0.3, 0.4) is 0 Å². The van der Waals surface area contributed by atoms with Crippen LogP contribution in [0.15, 0.2) is 0 Å². The molecule has 0 aliphatic heterocycles. The molecule has 0 aromatic carbocycles. The van der Waals surface area contributed by atoms with Crippen LogP contribution in [0.5, 0.6) is 0 Å². The Morgan fingerprint density at radius 3 is 2.43 bits per heavy atom. The van der Waals surface area contributed by atoms with Crippen molar-refractivity contribution in [1.82, 2.24) is 5.32 Å². The lowest BCUT2D eigenvalue weighted by atomic mass is 10.1. The topological polar surface area (TPSA) is 102 Å². The van der Waals surface area contributed by atoms with Gasteiger partial charge in [0.1, 0.15) is 11.6 Å². The van der Waals surface area contributed by atoms with Crippen molar-refractivity contribution in [1.29, 1.82) is 0 Å². The fraction of sp³-hybridized carbons (Fsp3) is 0.750. The molecule has 0 heterocycles. The third kappa shape index (κ3) is 3.31. The van der Waals surface area contributed by atoms with Crippen molar-refractivity contribution in [2.24, 2.45) is 5.73 Å². The van der Waals surface area contributed by atoms with E-state index in [2.05, 4.69) is 10.1 Å². The average molecular weight is 204 g/mol. The van der Waals surface area contributed by atoms with Crippen LogP contribution in [0.25, 0.3) is 0 Å². The first-order valence-electron chi connectivity index (χ1n) is 4.12. The van der Waals surface area contributed by atoms with Crippen molar-refractivity contribution < 1.29 is 19.4 Å². The van der Waals surface area contributed by atoms with Gasteiger partial charge in [-0.15, -0.1) is 0 Å². The second-order valence-corrected chi connectivity index (χ2v) is 3.39. The molecule has 1 atom stereocenters. The van der Waals surface area contributed by atoms with Crippen LogP contribution in [-0.2, 0) is 14.3 Å². The predicted octanol–water partition coefficient (Wildman–Crippen LogP) is -1.63. The quantitative estimate of drug-likeness (QED) is 0.477. The molecule has 4 N–H and O–H groups in total. The molecule has 0 aliphatic carbocycles. The molecule has 82 valence electrons. The fourth-order valence-electron chi connectivity index (χ4n) is 0.790. The monoisotopic (exact) mass is 204 g/mol. The molecule has 6 nitrogen and oxygen atoms in total. The molecule has 0 unspecified atom stereocenters. The molecule has 0 fully saturated rings. The zero-order chi connectivity index (χ0) is 11.4. The zero-order valence-corrected chi connectivity index (χ0v) is 8.53. The number of nitrogens with one attached hydrogen (secondary N) is 1. The van der Waals surface area contributed by atoms with E-state index < -0.39 is 30.1 Å². The highest BCUT2D eigenvalue weighted by molar-refractivity contribution is 5.89. The van der Waals surface area contributed by atoms with Gasteiger partial charge in [-0.2, -0.15) is 0 Å². The molecule has 14 heavy (non-hydrogen) atoms. The van der Waals surface area contributed by atoms with Gasteiger partial charge in [-0.25, -0.2) is 4.79 Å². The van der Waals surface area contributed by atoms with Crippen LogP contribution >= 0.6 is 0 Å². The van der Waals surface area contributed by atoms with Gasteiger partial charge in [-0.3, -0.25) is 4.79 Å². The summed E-state index contributed by atoms with van der Waals surface area (Å²) in [5.41, 5.74) is 4.11. The number of nitrogens with two attached hydrogens (primary N) is 1. The van der Waals surface area contributed by atoms with E-state index in [9.17, 15) is 9.59 Å². The van der Waals surface area contributed by atoms with Gasteiger partial charge in [0.25, 0.3) is 0 Å². The van der Waals surface area contributed by atoms with Crippen LogP contribution in [-0.4, -0.2) is 42.3 Å². The normalized spacial score (nSPS) is 13.2. The SMILES string of the molecule is COC(=O)C(C)(C)NC(=O)[C@@H](N)CO. The molecular weight excluding hydrogens is 188 g/mol. The second-order valence-electron chi connectivity index (χ2n) is 3.39. The number of aliphatic hydroxyl groups excluding tert-OH is 1. The lowest BCUT2D eigenvalue weighted by Crippen LogP contribution is -2.55. The van der Waals surface area contributed by atoms with E-state index in [-0.39, 0.29) is 0 Å². The summed E-state index contributed by atoms with van der Waals surface area (Å²) in [7, 11) is 1.22. The lowest BCUT2D eigenvalue weighted by molar-refractivity contribution is -0.149. The highest BCUT2D eigenvalue weighted by atomic mass is 16.5. The van der Waals surface area contributed by atoms with E-state index in [4.69, 9.17) is 10.8 Å². The minimum atomic E-state index is -1.14. The molecular formula is C8H16N2O4. The molecule has 0 radical (unpaired) electrons. The maximum atomic E-state index is 11.2. The van der Waals surface area contributed by atoms with Crippen LogP contribution < -0.4 is 11.1 Å². The van der Waals surface area contributed by atoms with Gasteiger partial charge in [-0.05, 0) is 13.8 Å². The number of ether oxygens (including phenoxy) is 1. The van der Waals surface area contributed by atoms with Crippen molar-refractivity contribution in [3.05, 3.63) is 0 Å². The number of rotatable bonds is 4. The Kier molecular flexibility index (Phi) is 4.52. The van der Waals surface area contributed by atoms with Crippen LogP contribution in [0, 0.1) is 0 Å². The fourth-order valence-corrected chi connectivity index (χ4v) is 0.790. The Hall–Kier alpha value is -1.14. The smallest absolute Gasteiger partial charge is 0.330 e. The maximum absolute atomic E-state index is 11.2. The summed E-state index contributed by atoms with van der Waals surface area (Å²) in [5.74, 6) is -1.17. The number of carbonyl (C=O) groups excluding carboxylic acids is 2. The molecule has 0 bridgehead atoms. The molecule has 0 spiro atoms. The lowest BCUT2D eigenvalue weighted by Gasteiger charge is -2.24. The summed E-state index contributed by atoms with van der Waals surface area (Å²) in [6.45, 7) is 2.50. The molecule has 6 heteroatoms. The Morgan fingerprint density at radius 2 is 2.07 bits per heavy atom. The number of esters is 1. The molecule has 0 aromatic rings. The predicted molar refractivity (Wildman–Crippen MR) is 49.3 cm³/mol. The highest BCUT2D eigenvalue weighted by Crippen LogP contribution is 2.04. The first-order chi connectivity index (χ1) is 6.35. The van der Waals surface area contributed by atoms with Crippen molar-refractivity contribution in [2.75, 3.05) is 13.7 Å². The van der Waals surface area contributed by atoms with Gasteiger partial charge >= 0.3 is 5.97 Å². The number of methoxy groups -OCH3 is 1. The molecule has 0 saturated heterocycles.